The summed E-state index contributed by atoms with van der Waals surface area (Å²) in [6.07, 6.45) is 2.28. The van der Waals surface area contributed by atoms with E-state index in [4.69, 9.17) is 4.74 Å². The summed E-state index contributed by atoms with van der Waals surface area (Å²) in [6.45, 7) is 5.52. The lowest BCUT2D eigenvalue weighted by atomic mass is 10.2. The van der Waals surface area contributed by atoms with Crippen molar-refractivity contribution in [2.24, 2.45) is 0 Å². The van der Waals surface area contributed by atoms with Crippen LogP contribution >= 0.6 is 11.3 Å². The van der Waals surface area contributed by atoms with Crippen molar-refractivity contribution in [3.8, 4) is 5.69 Å². The van der Waals surface area contributed by atoms with E-state index in [2.05, 4.69) is 10.4 Å². The molecule has 0 atom stereocenters. The van der Waals surface area contributed by atoms with Gasteiger partial charge in [0.2, 0.25) is 9.84 Å². The minimum atomic E-state index is -3.68. The van der Waals surface area contributed by atoms with Gasteiger partial charge in [0.1, 0.15) is 14.7 Å². The summed E-state index contributed by atoms with van der Waals surface area (Å²) in [5, 5.41) is 6.77. The minimum absolute atomic E-state index is 0.116. The Kier molecular flexibility index (Phi) is 5.57. The monoisotopic (exact) mass is 419 g/mol. The van der Waals surface area contributed by atoms with E-state index in [1.54, 1.807) is 26.8 Å². The molecule has 0 aliphatic carbocycles. The van der Waals surface area contributed by atoms with Crippen molar-refractivity contribution in [2.75, 3.05) is 0 Å². The van der Waals surface area contributed by atoms with E-state index in [-0.39, 0.29) is 15.6 Å². The van der Waals surface area contributed by atoms with Crippen molar-refractivity contribution in [2.45, 2.75) is 42.0 Å². The molecule has 2 heterocycles. The van der Waals surface area contributed by atoms with Gasteiger partial charge in [-0.2, -0.15) is 5.10 Å². The lowest BCUT2D eigenvalue weighted by Crippen LogP contribution is -2.31. The third-order valence-electron chi connectivity index (χ3n) is 3.60. The van der Waals surface area contributed by atoms with Gasteiger partial charge < -0.3 is 10.1 Å². The molecule has 7 nitrogen and oxygen atoms in total. The second kappa shape index (κ2) is 7.76. The molecule has 1 amide bonds. The number of hydrogen-bond donors (Lipinski definition) is 1. The van der Waals surface area contributed by atoms with Gasteiger partial charge in [0.05, 0.1) is 18.4 Å². The van der Waals surface area contributed by atoms with Crippen molar-refractivity contribution < 1.29 is 17.9 Å². The molecule has 0 saturated carbocycles. The standard InChI is InChI=1S/C19H21N3O4S2/c1-19(2,3)26-18(23)20-11-15-9-10-17(27-15)28(24,25)16-12-21-22(13-16)14-7-5-4-6-8-14/h4-10,12-13H,11H2,1-3H3,(H,20,23). The molecule has 0 spiro atoms. The number of alkyl carbamates (subject to hydrolysis) is 1. The minimum Gasteiger partial charge on any atom is -0.444 e. The number of rotatable bonds is 5. The highest BCUT2D eigenvalue weighted by Gasteiger charge is 2.23. The first-order valence-electron chi connectivity index (χ1n) is 8.56. The molecule has 2 aromatic heterocycles. The van der Waals surface area contributed by atoms with Gasteiger partial charge in [-0.1, -0.05) is 18.2 Å². The molecule has 0 aliphatic rings. The van der Waals surface area contributed by atoms with Crippen LogP contribution in [0.3, 0.4) is 0 Å². The van der Waals surface area contributed by atoms with Crippen LogP contribution in [-0.4, -0.2) is 29.9 Å². The summed E-state index contributed by atoms with van der Waals surface area (Å²) in [4.78, 5) is 12.6. The molecule has 28 heavy (non-hydrogen) atoms. The van der Waals surface area contributed by atoms with E-state index in [0.29, 0.717) is 4.88 Å². The summed E-state index contributed by atoms with van der Waals surface area (Å²) in [5.74, 6) is 0. The lowest BCUT2D eigenvalue weighted by Gasteiger charge is -2.19. The van der Waals surface area contributed by atoms with E-state index < -0.39 is 21.5 Å². The van der Waals surface area contributed by atoms with Crippen LogP contribution in [0.25, 0.3) is 5.69 Å². The number of sulfone groups is 1. The zero-order valence-electron chi connectivity index (χ0n) is 15.7. The van der Waals surface area contributed by atoms with Gasteiger partial charge in [0, 0.05) is 11.1 Å². The fraction of sp³-hybridized carbons (Fsp3) is 0.263. The van der Waals surface area contributed by atoms with Crippen molar-refractivity contribution in [3.63, 3.8) is 0 Å². The van der Waals surface area contributed by atoms with Gasteiger partial charge in [-0.3, -0.25) is 0 Å². The van der Waals surface area contributed by atoms with Crippen molar-refractivity contribution in [1.29, 1.82) is 0 Å². The molecule has 0 radical (unpaired) electrons. The summed E-state index contributed by atoms with van der Waals surface area (Å²) in [7, 11) is -3.68. The predicted molar refractivity (Wildman–Crippen MR) is 106 cm³/mol. The van der Waals surface area contributed by atoms with Crippen LogP contribution in [0.4, 0.5) is 4.79 Å². The fourth-order valence-electron chi connectivity index (χ4n) is 2.35. The van der Waals surface area contributed by atoms with Crippen LogP contribution in [-0.2, 0) is 21.1 Å². The Balaban J connectivity index is 1.72. The summed E-state index contributed by atoms with van der Waals surface area (Å²) >= 11 is 1.10. The molecular formula is C19H21N3O4S2. The number of thiophene rings is 1. The summed E-state index contributed by atoms with van der Waals surface area (Å²) in [6, 6.07) is 12.5. The van der Waals surface area contributed by atoms with E-state index in [1.807, 2.05) is 30.3 Å². The SMILES string of the molecule is CC(C)(C)OC(=O)NCc1ccc(S(=O)(=O)c2cnn(-c3ccccc3)c2)s1. The normalized spacial score (nSPS) is 12.0. The smallest absolute Gasteiger partial charge is 0.407 e. The maximum Gasteiger partial charge on any atom is 0.407 e. The number of carbonyl (C=O) groups is 1. The van der Waals surface area contributed by atoms with E-state index in [0.717, 1.165) is 17.0 Å². The fourth-order valence-corrected chi connectivity index (χ4v) is 4.98. The number of aromatic nitrogens is 2. The second-order valence-corrected chi connectivity index (χ2v) is 10.4. The number of carbonyl (C=O) groups excluding carboxylic acids is 1. The first-order chi connectivity index (χ1) is 13.1. The molecule has 9 heteroatoms. The average molecular weight is 420 g/mol. The number of para-hydroxylation sites is 1. The molecule has 0 bridgehead atoms. The predicted octanol–water partition coefficient (Wildman–Crippen LogP) is 3.79. The molecule has 0 aliphatic heterocycles. The Labute approximate surface area is 167 Å². The van der Waals surface area contributed by atoms with Crippen LogP contribution in [0, 0.1) is 0 Å². The molecule has 1 N–H and O–H groups in total. The molecule has 0 saturated heterocycles. The second-order valence-electron chi connectivity index (χ2n) is 7.04. The first kappa shape index (κ1) is 20.1. The van der Waals surface area contributed by atoms with Crippen molar-refractivity contribution >= 4 is 27.3 Å². The largest absolute Gasteiger partial charge is 0.444 e. The van der Waals surface area contributed by atoms with Gasteiger partial charge in [-0.25, -0.2) is 17.9 Å². The summed E-state index contributed by atoms with van der Waals surface area (Å²) in [5.41, 5.74) is 0.185. The molecular weight excluding hydrogens is 398 g/mol. The van der Waals surface area contributed by atoms with Crippen molar-refractivity contribution in [1.82, 2.24) is 15.1 Å². The van der Waals surface area contributed by atoms with E-state index in [1.165, 1.54) is 23.1 Å². The number of nitrogens with one attached hydrogen (secondary N) is 1. The Morgan fingerprint density at radius 3 is 2.57 bits per heavy atom. The van der Waals surface area contributed by atoms with E-state index in [9.17, 15) is 13.2 Å². The number of benzene rings is 1. The number of hydrogen-bond acceptors (Lipinski definition) is 6. The van der Waals surface area contributed by atoms with Crippen LogP contribution in [0.1, 0.15) is 25.6 Å². The van der Waals surface area contributed by atoms with Crippen LogP contribution in [0.5, 0.6) is 0 Å². The maximum atomic E-state index is 12.9. The molecule has 3 rings (SSSR count). The summed E-state index contributed by atoms with van der Waals surface area (Å²) < 4.78 is 32.6. The van der Waals surface area contributed by atoms with Gasteiger partial charge in [-0.15, -0.1) is 11.3 Å². The number of amides is 1. The Hall–Kier alpha value is -2.65. The molecule has 148 valence electrons. The highest BCUT2D eigenvalue weighted by molar-refractivity contribution is 7.93. The highest BCUT2D eigenvalue weighted by Crippen LogP contribution is 2.28. The third kappa shape index (κ3) is 4.79. The van der Waals surface area contributed by atoms with E-state index >= 15 is 0 Å². The Bertz CT molecular complexity index is 1060. The van der Waals surface area contributed by atoms with Crippen molar-refractivity contribution in [3.05, 3.63) is 59.7 Å². The molecule has 0 unspecified atom stereocenters. The zero-order valence-corrected chi connectivity index (χ0v) is 17.4. The Morgan fingerprint density at radius 1 is 1.18 bits per heavy atom. The zero-order chi connectivity index (χ0) is 20.4. The van der Waals surface area contributed by atoms with Crippen LogP contribution < -0.4 is 5.32 Å². The lowest BCUT2D eigenvalue weighted by molar-refractivity contribution is 0.0524. The average Bonchev–Trinajstić information content (AvgIpc) is 3.30. The first-order valence-corrected chi connectivity index (χ1v) is 10.9. The number of nitrogens with zero attached hydrogens (tertiary/aromatic N) is 2. The van der Waals surface area contributed by atoms with Gasteiger partial charge in [0.15, 0.2) is 0 Å². The van der Waals surface area contributed by atoms with Crippen LogP contribution in [0.15, 0.2) is 64.0 Å². The molecule has 1 aromatic carbocycles. The van der Waals surface area contributed by atoms with Gasteiger partial charge in [0.25, 0.3) is 0 Å². The Morgan fingerprint density at radius 2 is 1.89 bits per heavy atom. The van der Waals surface area contributed by atoms with Crippen LogP contribution in [0.2, 0.25) is 0 Å². The quantitative estimate of drug-likeness (QED) is 0.679. The molecule has 3 aromatic rings. The third-order valence-corrected chi connectivity index (χ3v) is 6.88. The maximum absolute atomic E-state index is 12.9. The molecule has 0 fully saturated rings. The highest BCUT2D eigenvalue weighted by atomic mass is 32.2. The number of ether oxygens (including phenoxy) is 1. The topological polar surface area (TPSA) is 90.3 Å². The van der Waals surface area contributed by atoms with Gasteiger partial charge in [-0.05, 0) is 45.0 Å². The van der Waals surface area contributed by atoms with Gasteiger partial charge >= 0.3 is 6.09 Å².